The average Bonchev–Trinajstić information content (AvgIpc) is 2.38. The Morgan fingerprint density at radius 1 is 1.28 bits per heavy atom. The van der Waals surface area contributed by atoms with Crippen LogP contribution in [0.5, 0.6) is 0 Å². The maximum absolute atomic E-state index is 12.5. The van der Waals surface area contributed by atoms with Gasteiger partial charge in [-0.1, -0.05) is 19.1 Å². The second-order valence-electron chi connectivity index (χ2n) is 5.04. The Morgan fingerprint density at radius 3 is 2.28 bits per heavy atom. The van der Waals surface area contributed by atoms with Gasteiger partial charge in [0, 0.05) is 10.5 Å². The number of thioether (sulfide) groups is 1. The summed E-state index contributed by atoms with van der Waals surface area (Å²) in [6.07, 6.45) is 3.09. The van der Waals surface area contributed by atoms with Gasteiger partial charge in [-0.05, 0) is 52.2 Å². The Bertz CT molecular complexity index is 397. The van der Waals surface area contributed by atoms with Gasteiger partial charge in [0.2, 0.25) is 0 Å². The van der Waals surface area contributed by atoms with Gasteiger partial charge in [-0.3, -0.25) is 9.69 Å². The minimum atomic E-state index is -0.448. The zero-order valence-corrected chi connectivity index (χ0v) is 12.8. The van der Waals surface area contributed by atoms with Crippen molar-refractivity contribution >= 4 is 17.5 Å². The number of carbonyl (C=O) groups is 1. The van der Waals surface area contributed by atoms with Crippen molar-refractivity contribution in [3.63, 3.8) is 0 Å². The largest absolute Gasteiger partial charge is 0.294 e. The van der Waals surface area contributed by atoms with Crippen molar-refractivity contribution in [3.8, 4) is 0 Å². The summed E-state index contributed by atoms with van der Waals surface area (Å²) < 4.78 is 0. The van der Waals surface area contributed by atoms with Crippen molar-refractivity contribution in [2.24, 2.45) is 0 Å². The fourth-order valence-corrected chi connectivity index (χ4v) is 2.29. The van der Waals surface area contributed by atoms with Gasteiger partial charge in [0.05, 0.1) is 5.54 Å². The van der Waals surface area contributed by atoms with Crippen LogP contribution in [0.1, 0.15) is 37.6 Å². The van der Waals surface area contributed by atoms with Crippen LogP contribution in [0.15, 0.2) is 29.2 Å². The molecule has 0 amide bonds. The van der Waals surface area contributed by atoms with Gasteiger partial charge in [0.25, 0.3) is 0 Å². The molecule has 0 radical (unpaired) electrons. The SMILES string of the molecule is CCCN(C)C(C)(C)C(=O)c1ccc(SC)cc1. The second kappa shape index (κ2) is 6.39. The van der Waals surface area contributed by atoms with E-state index in [1.807, 2.05) is 51.4 Å². The average molecular weight is 265 g/mol. The lowest BCUT2D eigenvalue weighted by atomic mass is 9.91. The van der Waals surface area contributed by atoms with Crippen LogP contribution in [0, 0.1) is 0 Å². The summed E-state index contributed by atoms with van der Waals surface area (Å²) in [6.45, 7) is 7.05. The first kappa shape index (κ1) is 15.3. The maximum Gasteiger partial charge on any atom is 0.182 e. The number of carbonyl (C=O) groups excluding carboxylic acids is 1. The fraction of sp³-hybridized carbons (Fsp3) is 0.533. The van der Waals surface area contributed by atoms with Crippen molar-refractivity contribution in [2.45, 2.75) is 37.6 Å². The Morgan fingerprint density at radius 2 is 1.83 bits per heavy atom. The standard InChI is InChI=1S/C15H23NOS/c1-6-11-16(4)15(2,3)14(17)12-7-9-13(18-5)10-8-12/h7-10H,6,11H2,1-5H3. The van der Waals surface area contributed by atoms with E-state index in [0.29, 0.717) is 0 Å². The van der Waals surface area contributed by atoms with Crippen molar-refractivity contribution in [1.82, 2.24) is 4.90 Å². The molecule has 0 unspecified atom stereocenters. The molecule has 18 heavy (non-hydrogen) atoms. The summed E-state index contributed by atoms with van der Waals surface area (Å²) in [5.41, 5.74) is 0.345. The molecular formula is C15H23NOS. The molecule has 0 N–H and O–H groups in total. The lowest BCUT2D eigenvalue weighted by Gasteiger charge is -2.34. The van der Waals surface area contributed by atoms with Gasteiger partial charge in [0.15, 0.2) is 5.78 Å². The highest BCUT2D eigenvalue weighted by molar-refractivity contribution is 7.98. The zero-order valence-electron chi connectivity index (χ0n) is 12.0. The topological polar surface area (TPSA) is 20.3 Å². The van der Waals surface area contributed by atoms with Gasteiger partial charge in [-0.2, -0.15) is 0 Å². The number of rotatable bonds is 6. The molecule has 2 nitrogen and oxygen atoms in total. The lowest BCUT2D eigenvalue weighted by Crippen LogP contribution is -2.48. The van der Waals surface area contributed by atoms with Crippen molar-refractivity contribution < 1.29 is 4.79 Å². The highest BCUT2D eigenvalue weighted by Gasteiger charge is 2.32. The van der Waals surface area contributed by atoms with E-state index in [9.17, 15) is 4.79 Å². The van der Waals surface area contributed by atoms with Crippen LogP contribution >= 0.6 is 11.8 Å². The summed E-state index contributed by atoms with van der Waals surface area (Å²) in [7, 11) is 2.01. The van der Waals surface area contributed by atoms with Crippen LogP contribution in [0.2, 0.25) is 0 Å². The van der Waals surface area contributed by atoms with Crippen LogP contribution in [-0.2, 0) is 0 Å². The molecule has 0 aromatic heterocycles. The first-order valence-electron chi connectivity index (χ1n) is 6.33. The highest BCUT2D eigenvalue weighted by Crippen LogP contribution is 2.21. The van der Waals surface area contributed by atoms with Crippen LogP contribution < -0.4 is 0 Å². The molecule has 100 valence electrons. The van der Waals surface area contributed by atoms with Crippen LogP contribution in [0.25, 0.3) is 0 Å². The third kappa shape index (κ3) is 3.36. The number of nitrogens with zero attached hydrogens (tertiary/aromatic N) is 1. The summed E-state index contributed by atoms with van der Waals surface area (Å²) in [6, 6.07) is 7.87. The van der Waals surface area contributed by atoms with E-state index in [2.05, 4.69) is 11.8 Å². The molecule has 3 heteroatoms. The van der Waals surface area contributed by atoms with E-state index in [-0.39, 0.29) is 5.78 Å². The Kier molecular flexibility index (Phi) is 5.42. The fourth-order valence-electron chi connectivity index (χ4n) is 1.88. The van der Waals surface area contributed by atoms with E-state index in [1.165, 1.54) is 4.90 Å². The van der Waals surface area contributed by atoms with E-state index in [1.54, 1.807) is 11.8 Å². The molecule has 0 aliphatic carbocycles. The predicted octanol–water partition coefficient (Wildman–Crippen LogP) is 3.71. The lowest BCUT2D eigenvalue weighted by molar-refractivity contribution is 0.0707. The van der Waals surface area contributed by atoms with E-state index >= 15 is 0 Å². The molecule has 0 bridgehead atoms. The van der Waals surface area contributed by atoms with Gasteiger partial charge >= 0.3 is 0 Å². The zero-order chi connectivity index (χ0) is 13.8. The Balaban J connectivity index is 2.90. The van der Waals surface area contributed by atoms with Crippen molar-refractivity contribution in [3.05, 3.63) is 29.8 Å². The van der Waals surface area contributed by atoms with Crippen molar-refractivity contribution in [1.29, 1.82) is 0 Å². The minimum Gasteiger partial charge on any atom is -0.294 e. The van der Waals surface area contributed by atoms with Gasteiger partial charge in [0.1, 0.15) is 0 Å². The molecule has 1 aromatic rings. The molecule has 0 spiro atoms. The van der Waals surface area contributed by atoms with Gasteiger partial charge in [-0.15, -0.1) is 11.8 Å². The highest BCUT2D eigenvalue weighted by atomic mass is 32.2. The smallest absolute Gasteiger partial charge is 0.182 e. The van der Waals surface area contributed by atoms with E-state index in [4.69, 9.17) is 0 Å². The number of Topliss-reactive ketones (excluding diaryl/α,β-unsaturated/α-hetero) is 1. The summed E-state index contributed by atoms with van der Waals surface area (Å²) in [4.78, 5) is 15.8. The molecule has 0 fully saturated rings. The third-order valence-corrected chi connectivity index (χ3v) is 4.16. The third-order valence-electron chi connectivity index (χ3n) is 3.42. The van der Waals surface area contributed by atoms with Gasteiger partial charge < -0.3 is 0 Å². The molecule has 1 aromatic carbocycles. The second-order valence-corrected chi connectivity index (χ2v) is 5.92. The van der Waals surface area contributed by atoms with Crippen LogP contribution in [-0.4, -0.2) is 36.1 Å². The Hall–Kier alpha value is -0.800. The number of ketones is 1. The van der Waals surface area contributed by atoms with Crippen molar-refractivity contribution in [2.75, 3.05) is 19.8 Å². The first-order valence-corrected chi connectivity index (χ1v) is 7.56. The number of likely N-dealkylation sites (N-methyl/N-ethyl adjacent to an activating group) is 1. The normalized spacial score (nSPS) is 11.9. The summed E-state index contributed by atoms with van der Waals surface area (Å²) in [5.74, 6) is 0.186. The molecule has 0 atom stereocenters. The maximum atomic E-state index is 12.5. The molecular weight excluding hydrogens is 242 g/mol. The number of benzene rings is 1. The molecule has 1 rings (SSSR count). The van der Waals surface area contributed by atoms with Gasteiger partial charge in [-0.25, -0.2) is 0 Å². The summed E-state index contributed by atoms with van der Waals surface area (Å²) in [5, 5.41) is 0. The molecule has 0 saturated heterocycles. The van der Waals surface area contributed by atoms with E-state index < -0.39 is 5.54 Å². The minimum absolute atomic E-state index is 0.186. The van der Waals surface area contributed by atoms with Crippen LogP contribution in [0.4, 0.5) is 0 Å². The van der Waals surface area contributed by atoms with E-state index in [0.717, 1.165) is 18.5 Å². The molecule has 0 aliphatic rings. The number of hydrogen-bond donors (Lipinski definition) is 0. The molecule has 0 saturated carbocycles. The molecule has 0 aliphatic heterocycles. The monoisotopic (exact) mass is 265 g/mol. The first-order chi connectivity index (χ1) is 8.43. The summed E-state index contributed by atoms with van der Waals surface area (Å²) >= 11 is 1.69. The molecule has 0 heterocycles. The Labute approximate surface area is 115 Å². The quantitative estimate of drug-likeness (QED) is 0.577. The predicted molar refractivity (Wildman–Crippen MR) is 79.6 cm³/mol. The van der Waals surface area contributed by atoms with Crippen LogP contribution in [0.3, 0.4) is 0 Å². The number of hydrogen-bond acceptors (Lipinski definition) is 3.